The second kappa shape index (κ2) is 6.90. The number of urea groups is 1. The fourth-order valence-electron chi connectivity index (χ4n) is 1.92. The van der Waals surface area contributed by atoms with Crippen LogP contribution in [0.1, 0.15) is 11.1 Å². The van der Waals surface area contributed by atoms with Crippen LogP contribution in [0.4, 0.5) is 10.5 Å². The molecule has 1 aromatic heterocycles. The van der Waals surface area contributed by atoms with Crippen molar-refractivity contribution >= 4 is 29.0 Å². The number of carbonyl (C=O) groups is 2. The summed E-state index contributed by atoms with van der Waals surface area (Å²) in [5, 5.41) is 6.79. The highest BCUT2D eigenvalue weighted by molar-refractivity contribution is 7.07. The molecule has 0 spiro atoms. The summed E-state index contributed by atoms with van der Waals surface area (Å²) in [4.78, 5) is 24.8. The van der Waals surface area contributed by atoms with Crippen LogP contribution in [0.2, 0.25) is 0 Å². The summed E-state index contributed by atoms with van der Waals surface area (Å²) in [7, 11) is 1.73. The molecule has 6 heteroatoms. The molecule has 3 amide bonds. The van der Waals surface area contributed by atoms with Gasteiger partial charge in [-0.15, -0.1) is 0 Å². The van der Waals surface area contributed by atoms with Crippen molar-refractivity contribution in [2.75, 3.05) is 12.4 Å². The zero-order chi connectivity index (χ0) is 15.2. The van der Waals surface area contributed by atoms with E-state index in [4.69, 9.17) is 5.73 Å². The molecule has 21 heavy (non-hydrogen) atoms. The SMILES string of the molecule is CN(Cc1ccsc1)C(=O)Nc1ccccc1CC(N)=O. The van der Waals surface area contributed by atoms with Gasteiger partial charge in [-0.25, -0.2) is 4.79 Å². The summed E-state index contributed by atoms with van der Waals surface area (Å²) in [6.45, 7) is 0.535. The van der Waals surface area contributed by atoms with Crippen molar-refractivity contribution in [1.29, 1.82) is 0 Å². The number of rotatable bonds is 5. The number of thiophene rings is 1. The van der Waals surface area contributed by atoms with Crippen molar-refractivity contribution in [2.45, 2.75) is 13.0 Å². The third-order valence-corrected chi connectivity index (χ3v) is 3.70. The maximum Gasteiger partial charge on any atom is 0.321 e. The molecular weight excluding hydrogens is 286 g/mol. The van der Waals surface area contributed by atoms with Gasteiger partial charge in [0, 0.05) is 19.3 Å². The maximum absolute atomic E-state index is 12.2. The Morgan fingerprint density at radius 3 is 2.71 bits per heavy atom. The second-order valence-corrected chi connectivity index (χ2v) is 5.50. The topological polar surface area (TPSA) is 75.4 Å². The molecule has 0 aliphatic heterocycles. The smallest absolute Gasteiger partial charge is 0.321 e. The number of primary amides is 1. The minimum absolute atomic E-state index is 0.102. The van der Waals surface area contributed by atoms with Crippen molar-refractivity contribution in [3.63, 3.8) is 0 Å². The van der Waals surface area contributed by atoms with Crippen LogP contribution in [-0.2, 0) is 17.8 Å². The van der Waals surface area contributed by atoms with E-state index in [-0.39, 0.29) is 12.5 Å². The Morgan fingerprint density at radius 1 is 1.29 bits per heavy atom. The van der Waals surface area contributed by atoms with Gasteiger partial charge in [0.1, 0.15) is 0 Å². The third kappa shape index (κ3) is 4.32. The van der Waals surface area contributed by atoms with Crippen LogP contribution in [0.5, 0.6) is 0 Å². The molecule has 5 nitrogen and oxygen atoms in total. The summed E-state index contributed by atoms with van der Waals surface area (Å²) in [5.74, 6) is -0.427. The average Bonchev–Trinajstić information content (AvgIpc) is 2.93. The third-order valence-electron chi connectivity index (χ3n) is 2.97. The Kier molecular flexibility index (Phi) is 4.94. The van der Waals surface area contributed by atoms with Gasteiger partial charge in [-0.3, -0.25) is 4.79 Å². The Bertz CT molecular complexity index is 626. The lowest BCUT2D eigenvalue weighted by atomic mass is 10.1. The molecule has 0 radical (unpaired) electrons. The van der Waals surface area contributed by atoms with Gasteiger partial charge in [-0.05, 0) is 34.0 Å². The zero-order valence-corrected chi connectivity index (χ0v) is 12.5. The molecule has 3 N–H and O–H groups in total. The maximum atomic E-state index is 12.2. The highest BCUT2D eigenvalue weighted by atomic mass is 32.1. The van der Waals surface area contributed by atoms with Crippen LogP contribution in [0, 0.1) is 0 Å². The lowest BCUT2D eigenvalue weighted by Gasteiger charge is -2.18. The molecule has 2 rings (SSSR count). The van der Waals surface area contributed by atoms with E-state index >= 15 is 0 Å². The molecule has 0 saturated carbocycles. The number of hydrogen-bond acceptors (Lipinski definition) is 3. The normalized spacial score (nSPS) is 10.1. The van der Waals surface area contributed by atoms with E-state index < -0.39 is 5.91 Å². The summed E-state index contributed by atoms with van der Waals surface area (Å²) in [5.41, 5.74) is 7.62. The Balaban J connectivity index is 2.03. The molecule has 1 aromatic carbocycles. The Labute approximate surface area is 127 Å². The highest BCUT2D eigenvalue weighted by Gasteiger charge is 2.12. The number of nitrogens with one attached hydrogen (secondary N) is 1. The Morgan fingerprint density at radius 2 is 2.05 bits per heavy atom. The quantitative estimate of drug-likeness (QED) is 0.890. The van der Waals surface area contributed by atoms with Gasteiger partial charge in [0.15, 0.2) is 0 Å². The molecule has 0 aliphatic carbocycles. The van der Waals surface area contributed by atoms with E-state index in [2.05, 4.69) is 5.32 Å². The van der Waals surface area contributed by atoms with E-state index in [1.165, 1.54) is 0 Å². The highest BCUT2D eigenvalue weighted by Crippen LogP contribution is 2.16. The predicted octanol–water partition coefficient (Wildman–Crippen LogP) is 2.44. The van der Waals surface area contributed by atoms with Crippen molar-refractivity contribution in [3.8, 4) is 0 Å². The predicted molar refractivity (Wildman–Crippen MR) is 84.1 cm³/mol. The number of hydrogen-bond donors (Lipinski definition) is 2. The van der Waals surface area contributed by atoms with E-state index in [9.17, 15) is 9.59 Å². The van der Waals surface area contributed by atoms with Gasteiger partial charge in [-0.2, -0.15) is 11.3 Å². The van der Waals surface area contributed by atoms with Gasteiger partial charge < -0.3 is 16.0 Å². The standard InChI is InChI=1S/C15H17N3O2S/c1-18(9-11-6-7-21-10-11)15(20)17-13-5-3-2-4-12(13)8-14(16)19/h2-7,10H,8-9H2,1H3,(H2,16,19)(H,17,20). The minimum Gasteiger partial charge on any atom is -0.369 e. The number of anilines is 1. The summed E-state index contributed by atoms with van der Waals surface area (Å²) in [6, 6.07) is 8.91. The number of benzene rings is 1. The Hall–Kier alpha value is -2.34. The van der Waals surface area contributed by atoms with Crippen LogP contribution < -0.4 is 11.1 Å². The number of amides is 3. The molecule has 0 saturated heterocycles. The summed E-state index contributed by atoms with van der Waals surface area (Å²) >= 11 is 1.60. The van der Waals surface area contributed by atoms with Gasteiger partial charge >= 0.3 is 6.03 Å². The minimum atomic E-state index is -0.427. The van der Waals surface area contributed by atoms with Gasteiger partial charge in [0.05, 0.1) is 6.42 Å². The van der Waals surface area contributed by atoms with Crippen LogP contribution in [-0.4, -0.2) is 23.9 Å². The molecule has 1 heterocycles. The molecule has 0 unspecified atom stereocenters. The van der Waals surface area contributed by atoms with Gasteiger partial charge in [0.2, 0.25) is 5.91 Å². The van der Waals surface area contributed by atoms with E-state index in [0.717, 1.165) is 5.56 Å². The first-order valence-electron chi connectivity index (χ1n) is 6.45. The molecule has 0 bridgehead atoms. The number of nitrogens with two attached hydrogens (primary N) is 1. The summed E-state index contributed by atoms with van der Waals surface area (Å²) < 4.78 is 0. The molecule has 2 aromatic rings. The van der Waals surface area contributed by atoms with Crippen LogP contribution in [0.3, 0.4) is 0 Å². The molecule has 0 aliphatic rings. The average molecular weight is 303 g/mol. The van der Waals surface area contributed by atoms with Crippen molar-refractivity contribution in [1.82, 2.24) is 4.90 Å². The summed E-state index contributed by atoms with van der Waals surface area (Å²) in [6.07, 6.45) is 0.102. The van der Waals surface area contributed by atoms with Crippen molar-refractivity contribution < 1.29 is 9.59 Å². The largest absolute Gasteiger partial charge is 0.369 e. The first kappa shape index (κ1) is 15.1. The molecule has 0 atom stereocenters. The first-order chi connectivity index (χ1) is 10.1. The second-order valence-electron chi connectivity index (χ2n) is 4.72. The first-order valence-corrected chi connectivity index (χ1v) is 7.40. The van der Waals surface area contributed by atoms with Crippen molar-refractivity contribution in [3.05, 3.63) is 52.2 Å². The van der Waals surface area contributed by atoms with Gasteiger partial charge in [-0.1, -0.05) is 18.2 Å². The fraction of sp³-hybridized carbons (Fsp3) is 0.200. The van der Waals surface area contributed by atoms with E-state index in [0.29, 0.717) is 17.8 Å². The van der Waals surface area contributed by atoms with E-state index in [1.54, 1.807) is 41.5 Å². The lowest BCUT2D eigenvalue weighted by molar-refractivity contribution is -0.117. The zero-order valence-electron chi connectivity index (χ0n) is 11.7. The number of para-hydroxylation sites is 1. The molecular formula is C15H17N3O2S. The van der Waals surface area contributed by atoms with Crippen molar-refractivity contribution in [2.24, 2.45) is 5.73 Å². The fourth-order valence-corrected chi connectivity index (χ4v) is 2.58. The van der Waals surface area contributed by atoms with Crippen LogP contribution in [0.25, 0.3) is 0 Å². The van der Waals surface area contributed by atoms with Crippen LogP contribution >= 0.6 is 11.3 Å². The number of carbonyl (C=O) groups excluding carboxylic acids is 2. The van der Waals surface area contributed by atoms with E-state index in [1.807, 2.05) is 22.9 Å². The lowest BCUT2D eigenvalue weighted by Crippen LogP contribution is -2.31. The van der Waals surface area contributed by atoms with Gasteiger partial charge in [0.25, 0.3) is 0 Å². The monoisotopic (exact) mass is 303 g/mol. The molecule has 0 fully saturated rings. The molecule has 110 valence electrons. The number of nitrogens with zero attached hydrogens (tertiary/aromatic N) is 1. The van der Waals surface area contributed by atoms with Crippen LogP contribution in [0.15, 0.2) is 41.1 Å².